The third kappa shape index (κ3) is 6.66. The average molecular weight is 305 g/mol. The zero-order valence-electron chi connectivity index (χ0n) is 10.6. The first kappa shape index (κ1) is 16.1. The van der Waals surface area contributed by atoms with Crippen molar-refractivity contribution in [3.05, 3.63) is 28.2 Å². The van der Waals surface area contributed by atoms with Gasteiger partial charge in [0.05, 0.1) is 11.6 Å². The third-order valence-corrected chi connectivity index (χ3v) is 2.93. The molecule has 0 spiro atoms. The maximum atomic E-state index is 11.3. The van der Waals surface area contributed by atoms with Crippen molar-refractivity contribution in [1.82, 2.24) is 5.32 Å². The van der Waals surface area contributed by atoms with E-state index in [-0.39, 0.29) is 5.91 Å². The van der Waals surface area contributed by atoms with Crippen LogP contribution in [0.5, 0.6) is 5.75 Å². The molecule has 0 saturated heterocycles. The SMILES string of the molecule is NCCCC(=O)NCCCOc1ccc(Cl)cc1Cl. The molecule has 0 bridgehead atoms. The summed E-state index contributed by atoms with van der Waals surface area (Å²) >= 11 is 11.7. The van der Waals surface area contributed by atoms with E-state index in [1.165, 1.54) is 0 Å². The molecule has 1 rings (SSSR count). The number of rotatable bonds is 8. The van der Waals surface area contributed by atoms with Gasteiger partial charge in [-0.2, -0.15) is 0 Å². The van der Waals surface area contributed by atoms with E-state index < -0.39 is 0 Å². The van der Waals surface area contributed by atoms with Crippen molar-refractivity contribution in [2.75, 3.05) is 19.7 Å². The van der Waals surface area contributed by atoms with Crippen molar-refractivity contribution in [2.24, 2.45) is 5.73 Å². The van der Waals surface area contributed by atoms with Crippen molar-refractivity contribution in [3.63, 3.8) is 0 Å². The summed E-state index contributed by atoms with van der Waals surface area (Å²) in [6, 6.07) is 5.08. The minimum Gasteiger partial charge on any atom is -0.492 e. The van der Waals surface area contributed by atoms with Gasteiger partial charge in [-0.05, 0) is 37.6 Å². The van der Waals surface area contributed by atoms with E-state index in [9.17, 15) is 4.79 Å². The van der Waals surface area contributed by atoms with Gasteiger partial charge in [0.15, 0.2) is 0 Å². The fourth-order valence-electron chi connectivity index (χ4n) is 1.43. The number of benzene rings is 1. The molecule has 4 nitrogen and oxygen atoms in total. The summed E-state index contributed by atoms with van der Waals surface area (Å²) in [4.78, 5) is 11.3. The van der Waals surface area contributed by atoms with E-state index in [0.717, 1.165) is 0 Å². The van der Waals surface area contributed by atoms with Gasteiger partial charge in [-0.15, -0.1) is 0 Å². The van der Waals surface area contributed by atoms with E-state index in [0.29, 0.717) is 54.8 Å². The molecule has 1 amide bonds. The number of amides is 1. The Bertz CT molecular complexity index is 414. The highest BCUT2D eigenvalue weighted by Crippen LogP contribution is 2.27. The minimum atomic E-state index is 0.0231. The Labute approximate surface area is 123 Å². The molecular formula is C13H18Cl2N2O2. The van der Waals surface area contributed by atoms with E-state index in [4.69, 9.17) is 33.7 Å². The number of hydrogen-bond donors (Lipinski definition) is 2. The summed E-state index contributed by atoms with van der Waals surface area (Å²) in [7, 11) is 0. The average Bonchev–Trinajstić information content (AvgIpc) is 2.38. The van der Waals surface area contributed by atoms with Crippen LogP contribution in [0, 0.1) is 0 Å². The van der Waals surface area contributed by atoms with Crippen LogP contribution in [0.1, 0.15) is 19.3 Å². The normalized spacial score (nSPS) is 10.3. The van der Waals surface area contributed by atoms with E-state index >= 15 is 0 Å². The molecular weight excluding hydrogens is 287 g/mol. The van der Waals surface area contributed by atoms with Crippen molar-refractivity contribution >= 4 is 29.1 Å². The standard InChI is InChI=1S/C13H18Cl2N2O2/c14-10-4-5-12(11(15)9-10)19-8-2-7-17-13(18)3-1-6-16/h4-5,9H,1-3,6-8,16H2,(H,17,18). The lowest BCUT2D eigenvalue weighted by molar-refractivity contribution is -0.121. The van der Waals surface area contributed by atoms with Crippen LogP contribution in [-0.2, 0) is 4.79 Å². The molecule has 106 valence electrons. The summed E-state index contributed by atoms with van der Waals surface area (Å²) in [6.07, 6.45) is 1.90. The van der Waals surface area contributed by atoms with E-state index in [1.807, 2.05) is 0 Å². The van der Waals surface area contributed by atoms with Crippen LogP contribution in [0.25, 0.3) is 0 Å². The predicted molar refractivity (Wildman–Crippen MR) is 77.9 cm³/mol. The second-order valence-corrected chi connectivity index (χ2v) is 4.86. The van der Waals surface area contributed by atoms with Crippen molar-refractivity contribution in [3.8, 4) is 5.75 Å². The summed E-state index contributed by atoms with van der Waals surface area (Å²) in [5, 5.41) is 3.86. The van der Waals surface area contributed by atoms with Gasteiger partial charge in [-0.1, -0.05) is 23.2 Å². The molecule has 0 fully saturated rings. The number of ether oxygens (including phenoxy) is 1. The lowest BCUT2D eigenvalue weighted by Crippen LogP contribution is -2.25. The molecule has 1 aromatic carbocycles. The van der Waals surface area contributed by atoms with Crippen LogP contribution in [-0.4, -0.2) is 25.6 Å². The molecule has 6 heteroatoms. The molecule has 0 heterocycles. The smallest absolute Gasteiger partial charge is 0.220 e. The van der Waals surface area contributed by atoms with Gasteiger partial charge in [0.1, 0.15) is 5.75 Å². The molecule has 0 aliphatic carbocycles. The van der Waals surface area contributed by atoms with Crippen molar-refractivity contribution in [1.29, 1.82) is 0 Å². The zero-order chi connectivity index (χ0) is 14.1. The minimum absolute atomic E-state index is 0.0231. The topological polar surface area (TPSA) is 64.4 Å². The highest BCUT2D eigenvalue weighted by Gasteiger charge is 2.03. The fourth-order valence-corrected chi connectivity index (χ4v) is 1.89. The van der Waals surface area contributed by atoms with Crippen molar-refractivity contribution in [2.45, 2.75) is 19.3 Å². The molecule has 0 unspecified atom stereocenters. The van der Waals surface area contributed by atoms with Gasteiger partial charge in [0.25, 0.3) is 0 Å². The Balaban J connectivity index is 2.15. The molecule has 19 heavy (non-hydrogen) atoms. The van der Waals surface area contributed by atoms with Gasteiger partial charge in [-0.3, -0.25) is 4.79 Å². The molecule has 3 N–H and O–H groups in total. The first-order valence-corrected chi connectivity index (χ1v) is 6.93. The van der Waals surface area contributed by atoms with Crippen molar-refractivity contribution < 1.29 is 9.53 Å². The monoisotopic (exact) mass is 304 g/mol. The fraction of sp³-hybridized carbons (Fsp3) is 0.462. The van der Waals surface area contributed by atoms with Crippen LogP contribution in [0.2, 0.25) is 10.0 Å². The maximum Gasteiger partial charge on any atom is 0.220 e. The van der Waals surface area contributed by atoms with Gasteiger partial charge in [0.2, 0.25) is 5.91 Å². The Kier molecular flexibility index (Phi) is 7.63. The zero-order valence-corrected chi connectivity index (χ0v) is 12.1. The predicted octanol–water partition coefficient (Wildman–Crippen LogP) is 2.62. The number of nitrogens with two attached hydrogens (primary N) is 1. The maximum absolute atomic E-state index is 11.3. The van der Waals surface area contributed by atoms with E-state index in [2.05, 4.69) is 5.32 Å². The largest absolute Gasteiger partial charge is 0.492 e. The first-order valence-electron chi connectivity index (χ1n) is 6.18. The van der Waals surface area contributed by atoms with Crippen LogP contribution in [0.3, 0.4) is 0 Å². The lowest BCUT2D eigenvalue weighted by atomic mass is 10.3. The highest BCUT2D eigenvalue weighted by molar-refractivity contribution is 6.35. The van der Waals surface area contributed by atoms with Crippen LogP contribution in [0.15, 0.2) is 18.2 Å². The molecule has 0 radical (unpaired) electrons. The van der Waals surface area contributed by atoms with Gasteiger partial charge >= 0.3 is 0 Å². The molecule has 0 aromatic heterocycles. The number of carbonyl (C=O) groups is 1. The summed E-state index contributed by atoms with van der Waals surface area (Å²) in [6.45, 7) is 1.60. The van der Waals surface area contributed by atoms with Gasteiger partial charge < -0.3 is 15.8 Å². The second-order valence-electron chi connectivity index (χ2n) is 4.02. The number of halogens is 2. The Morgan fingerprint density at radius 3 is 2.79 bits per heavy atom. The van der Waals surface area contributed by atoms with Gasteiger partial charge in [0, 0.05) is 18.0 Å². The van der Waals surface area contributed by atoms with Crippen LogP contribution < -0.4 is 15.8 Å². The quantitative estimate of drug-likeness (QED) is 0.726. The van der Waals surface area contributed by atoms with Crippen LogP contribution in [0.4, 0.5) is 0 Å². The van der Waals surface area contributed by atoms with E-state index in [1.54, 1.807) is 18.2 Å². The Hall–Kier alpha value is -0.970. The summed E-state index contributed by atoms with van der Waals surface area (Å²) in [5.41, 5.74) is 5.32. The molecule has 0 aliphatic rings. The molecule has 0 saturated carbocycles. The second kappa shape index (κ2) is 9.02. The summed E-state index contributed by atoms with van der Waals surface area (Å²) in [5.74, 6) is 0.621. The summed E-state index contributed by atoms with van der Waals surface area (Å²) < 4.78 is 5.49. The molecule has 0 aliphatic heterocycles. The number of hydrogen-bond acceptors (Lipinski definition) is 3. The molecule has 1 aromatic rings. The lowest BCUT2D eigenvalue weighted by Gasteiger charge is -2.09. The Morgan fingerprint density at radius 1 is 1.32 bits per heavy atom. The first-order chi connectivity index (χ1) is 9.13. The Morgan fingerprint density at radius 2 is 2.11 bits per heavy atom. The molecule has 0 atom stereocenters. The number of nitrogens with one attached hydrogen (secondary N) is 1. The third-order valence-electron chi connectivity index (χ3n) is 2.40. The highest BCUT2D eigenvalue weighted by atomic mass is 35.5. The number of carbonyl (C=O) groups excluding carboxylic acids is 1. The van der Waals surface area contributed by atoms with Gasteiger partial charge in [-0.25, -0.2) is 0 Å². The van der Waals surface area contributed by atoms with Crippen LogP contribution >= 0.6 is 23.2 Å².